The monoisotopic (exact) mass is 551 g/mol. The molecule has 0 saturated carbocycles. The lowest BCUT2D eigenvalue weighted by atomic mass is 10.2. The number of aromatic nitrogens is 3. The van der Waals surface area contributed by atoms with Crippen LogP contribution in [0.25, 0.3) is 17.5 Å². The Labute approximate surface area is 229 Å². The average Bonchev–Trinajstić information content (AvgIpc) is 3.34. The number of methoxy groups -OCH3 is 2. The van der Waals surface area contributed by atoms with Gasteiger partial charge in [0.05, 0.1) is 14.2 Å². The van der Waals surface area contributed by atoms with Gasteiger partial charge in [0.25, 0.3) is 0 Å². The lowest BCUT2D eigenvalue weighted by Crippen LogP contribution is -2.03. The Kier molecular flexibility index (Phi) is 8.93. The van der Waals surface area contributed by atoms with E-state index in [0.717, 1.165) is 22.9 Å². The van der Waals surface area contributed by atoms with Gasteiger partial charge in [0, 0.05) is 28.8 Å². The minimum atomic E-state index is -1.09. The number of carboxylic acids is 1. The van der Waals surface area contributed by atoms with E-state index in [-0.39, 0.29) is 4.91 Å². The van der Waals surface area contributed by atoms with E-state index in [9.17, 15) is 9.90 Å². The van der Waals surface area contributed by atoms with Gasteiger partial charge in [-0.2, -0.15) is 0 Å². The lowest BCUT2D eigenvalue weighted by Gasteiger charge is -2.11. The number of halogens is 1. The zero-order valence-corrected chi connectivity index (χ0v) is 22.6. The predicted octanol–water partition coefficient (Wildman–Crippen LogP) is 6.43. The number of benzene rings is 3. The van der Waals surface area contributed by atoms with Crippen LogP contribution < -0.4 is 14.2 Å². The fourth-order valence-electron chi connectivity index (χ4n) is 3.69. The third-order valence-corrected chi connectivity index (χ3v) is 6.78. The van der Waals surface area contributed by atoms with Gasteiger partial charge in [0.2, 0.25) is 0 Å². The van der Waals surface area contributed by atoms with E-state index in [0.29, 0.717) is 52.0 Å². The van der Waals surface area contributed by atoms with E-state index >= 15 is 0 Å². The smallest absolute Gasteiger partial charge is 0.342 e. The van der Waals surface area contributed by atoms with Crippen molar-refractivity contribution in [3.8, 4) is 28.6 Å². The summed E-state index contributed by atoms with van der Waals surface area (Å²) in [6.07, 6.45) is 1.57. The fraction of sp³-hybridized carbons (Fsp3) is 0.179. The summed E-state index contributed by atoms with van der Waals surface area (Å²) in [6.45, 7) is 2.76. The second-order valence-corrected chi connectivity index (χ2v) is 9.47. The van der Waals surface area contributed by atoms with Crippen LogP contribution in [0.3, 0.4) is 0 Å². The minimum absolute atomic E-state index is 0.0701. The molecule has 196 valence electrons. The van der Waals surface area contributed by atoms with Crippen molar-refractivity contribution in [2.24, 2.45) is 0 Å². The zero-order valence-electron chi connectivity index (χ0n) is 21.1. The molecular weight excluding hydrogens is 526 g/mol. The molecule has 0 fully saturated rings. The Morgan fingerprint density at radius 2 is 1.76 bits per heavy atom. The minimum Gasteiger partial charge on any atom is -0.497 e. The first-order valence-corrected chi connectivity index (χ1v) is 12.9. The molecule has 1 aromatic heterocycles. The summed E-state index contributed by atoms with van der Waals surface area (Å²) in [7, 11) is 3.15. The maximum Gasteiger partial charge on any atom is 0.342 e. The molecule has 0 amide bonds. The van der Waals surface area contributed by atoms with Crippen molar-refractivity contribution in [2.75, 3.05) is 14.2 Å². The van der Waals surface area contributed by atoms with Crippen LogP contribution in [0.2, 0.25) is 5.02 Å². The van der Waals surface area contributed by atoms with Gasteiger partial charge in [0.15, 0.2) is 11.0 Å². The van der Waals surface area contributed by atoms with E-state index in [2.05, 4.69) is 10.2 Å². The van der Waals surface area contributed by atoms with Crippen molar-refractivity contribution >= 4 is 35.4 Å². The summed E-state index contributed by atoms with van der Waals surface area (Å²) in [4.78, 5) is 12.3. The van der Waals surface area contributed by atoms with Crippen molar-refractivity contribution < 1.29 is 24.1 Å². The van der Waals surface area contributed by atoms with Crippen LogP contribution in [-0.4, -0.2) is 40.1 Å². The molecule has 0 radical (unpaired) electrons. The Morgan fingerprint density at radius 1 is 1.03 bits per heavy atom. The molecule has 0 saturated heterocycles. The number of aliphatic carboxylic acids is 1. The summed E-state index contributed by atoms with van der Waals surface area (Å²) in [6, 6.07) is 20.1. The van der Waals surface area contributed by atoms with Crippen LogP contribution in [0.5, 0.6) is 17.2 Å². The van der Waals surface area contributed by atoms with Crippen LogP contribution in [0.4, 0.5) is 0 Å². The topological polar surface area (TPSA) is 95.7 Å². The van der Waals surface area contributed by atoms with Gasteiger partial charge in [-0.3, -0.25) is 0 Å². The highest BCUT2D eigenvalue weighted by Gasteiger charge is 2.20. The van der Waals surface area contributed by atoms with Crippen LogP contribution >= 0.6 is 23.4 Å². The standard InChI is InChI=1S/C28H26ClN3O5S/c1-4-32-26(20-13-22(35-2)16-23(14-20)36-3)30-31-28(32)38-25(27(33)34)15-19-9-5-6-11-24(19)37-17-18-8-7-10-21(29)12-18/h5-16H,4,17H2,1-3H3,(H,33,34)/b25-15-. The fourth-order valence-corrected chi connectivity index (χ4v) is 4.78. The molecule has 0 aliphatic rings. The SMILES string of the molecule is CCn1c(S/C(=C\c2ccccc2OCc2cccc(Cl)c2)C(=O)O)nnc1-c1cc(OC)cc(OC)c1. The van der Waals surface area contributed by atoms with Gasteiger partial charge in [-0.1, -0.05) is 41.9 Å². The summed E-state index contributed by atoms with van der Waals surface area (Å²) in [5, 5.41) is 19.7. The van der Waals surface area contributed by atoms with Crippen molar-refractivity contribution in [2.45, 2.75) is 25.2 Å². The van der Waals surface area contributed by atoms with Gasteiger partial charge in [-0.25, -0.2) is 4.79 Å². The number of rotatable bonds is 11. The number of thioether (sulfide) groups is 1. The second kappa shape index (κ2) is 12.5. The molecule has 0 unspecified atom stereocenters. The summed E-state index contributed by atoms with van der Waals surface area (Å²) in [5.41, 5.74) is 2.27. The quantitative estimate of drug-likeness (QED) is 0.168. The molecule has 0 atom stereocenters. The van der Waals surface area contributed by atoms with E-state index in [1.165, 1.54) is 0 Å². The molecular formula is C28H26ClN3O5S. The molecule has 0 bridgehead atoms. The Hall–Kier alpha value is -3.95. The molecule has 8 nitrogen and oxygen atoms in total. The molecule has 38 heavy (non-hydrogen) atoms. The van der Waals surface area contributed by atoms with E-state index in [1.54, 1.807) is 44.6 Å². The molecule has 1 heterocycles. The van der Waals surface area contributed by atoms with Crippen LogP contribution in [0.15, 0.2) is 76.8 Å². The first-order valence-electron chi connectivity index (χ1n) is 11.7. The number of hydrogen-bond donors (Lipinski definition) is 1. The van der Waals surface area contributed by atoms with Crippen LogP contribution in [0.1, 0.15) is 18.1 Å². The normalized spacial score (nSPS) is 11.3. The molecule has 0 spiro atoms. The number of carboxylic acid groups (broad SMARTS) is 1. The number of hydrogen-bond acceptors (Lipinski definition) is 7. The molecule has 0 aliphatic carbocycles. The number of ether oxygens (including phenoxy) is 3. The summed E-state index contributed by atoms with van der Waals surface area (Å²) in [5.74, 6) is 1.25. The Bertz CT molecular complexity index is 1450. The third-order valence-electron chi connectivity index (χ3n) is 5.54. The second-order valence-electron chi connectivity index (χ2n) is 8.02. The highest BCUT2D eigenvalue weighted by atomic mass is 35.5. The largest absolute Gasteiger partial charge is 0.497 e. The highest BCUT2D eigenvalue weighted by Crippen LogP contribution is 2.34. The Balaban J connectivity index is 1.63. The van der Waals surface area contributed by atoms with Crippen LogP contribution in [-0.2, 0) is 17.9 Å². The molecule has 4 aromatic rings. The molecule has 10 heteroatoms. The molecule has 0 aliphatic heterocycles. The van der Waals surface area contributed by atoms with Gasteiger partial charge in [-0.15, -0.1) is 10.2 Å². The third kappa shape index (κ3) is 6.48. The number of carbonyl (C=O) groups is 1. The Morgan fingerprint density at radius 3 is 2.42 bits per heavy atom. The van der Waals surface area contributed by atoms with Crippen molar-refractivity contribution in [3.63, 3.8) is 0 Å². The molecule has 3 aromatic carbocycles. The van der Waals surface area contributed by atoms with Crippen molar-refractivity contribution in [1.82, 2.24) is 14.8 Å². The molecule has 1 N–H and O–H groups in total. The van der Waals surface area contributed by atoms with Gasteiger partial charge >= 0.3 is 5.97 Å². The van der Waals surface area contributed by atoms with Crippen molar-refractivity contribution in [3.05, 3.63) is 87.8 Å². The van der Waals surface area contributed by atoms with Gasteiger partial charge in [0.1, 0.15) is 28.8 Å². The highest BCUT2D eigenvalue weighted by molar-refractivity contribution is 8.04. The number of nitrogens with zero attached hydrogens (tertiary/aromatic N) is 3. The van der Waals surface area contributed by atoms with E-state index < -0.39 is 5.97 Å². The first kappa shape index (κ1) is 27.1. The van der Waals surface area contributed by atoms with E-state index in [4.69, 9.17) is 25.8 Å². The maximum atomic E-state index is 12.2. The van der Waals surface area contributed by atoms with E-state index in [1.807, 2.05) is 54.0 Å². The van der Waals surface area contributed by atoms with Gasteiger partial charge in [-0.05, 0) is 60.7 Å². The average molecular weight is 552 g/mol. The first-order chi connectivity index (χ1) is 18.4. The molecule has 4 rings (SSSR count). The van der Waals surface area contributed by atoms with Crippen molar-refractivity contribution in [1.29, 1.82) is 0 Å². The van der Waals surface area contributed by atoms with Crippen LogP contribution in [0, 0.1) is 0 Å². The van der Waals surface area contributed by atoms with Gasteiger partial charge < -0.3 is 23.9 Å². The zero-order chi connectivity index (χ0) is 27.1. The summed E-state index contributed by atoms with van der Waals surface area (Å²) < 4.78 is 18.6. The summed E-state index contributed by atoms with van der Waals surface area (Å²) >= 11 is 7.09. The maximum absolute atomic E-state index is 12.2. The lowest BCUT2D eigenvalue weighted by molar-refractivity contribution is -0.131. The number of para-hydroxylation sites is 1. The predicted molar refractivity (Wildman–Crippen MR) is 148 cm³/mol.